The van der Waals surface area contributed by atoms with Crippen LogP contribution in [0.3, 0.4) is 0 Å². The molecule has 0 aliphatic rings. The van der Waals surface area contributed by atoms with Crippen LogP contribution in [0.4, 0.5) is 8.78 Å². The summed E-state index contributed by atoms with van der Waals surface area (Å²) in [6.07, 6.45) is -2.35. The van der Waals surface area contributed by atoms with E-state index in [1.165, 1.54) is 0 Å². The monoisotopic (exact) mass is 226 g/mol. The first-order valence-corrected chi connectivity index (χ1v) is 4.80. The molecule has 0 saturated heterocycles. The predicted molar refractivity (Wildman–Crippen MR) is 55.3 cm³/mol. The Kier molecular flexibility index (Phi) is 5.23. The van der Waals surface area contributed by atoms with Gasteiger partial charge < -0.3 is 10.1 Å². The van der Waals surface area contributed by atoms with Gasteiger partial charge in [-0.05, 0) is 17.7 Å². The number of halogens is 2. The molecule has 0 aliphatic heterocycles. The molecule has 16 heavy (non-hydrogen) atoms. The second-order valence-electron chi connectivity index (χ2n) is 3.12. The first kappa shape index (κ1) is 12.4. The van der Waals surface area contributed by atoms with Crippen molar-refractivity contribution < 1.29 is 13.5 Å². The smallest absolute Gasteiger partial charge is 0.250 e. The Hall–Kier alpha value is -1.67. The van der Waals surface area contributed by atoms with Gasteiger partial charge in [0.25, 0.3) is 6.43 Å². The molecule has 0 spiro atoms. The molecule has 5 heteroatoms. The average Bonchev–Trinajstić information content (AvgIpc) is 2.26. The van der Waals surface area contributed by atoms with Crippen LogP contribution >= 0.6 is 0 Å². The molecule has 0 amide bonds. The Bertz CT molecular complexity index is 363. The third-order valence-electron chi connectivity index (χ3n) is 1.83. The largest absolute Gasteiger partial charge is 0.479 e. The number of nitrogens with zero attached hydrogens (tertiary/aromatic N) is 1. The molecule has 0 aliphatic carbocycles. The van der Waals surface area contributed by atoms with Gasteiger partial charge in [-0.3, -0.25) is 0 Å². The SMILES string of the molecule is N#CCOc1cccc(CNCC(F)F)c1. The second kappa shape index (κ2) is 6.75. The van der Waals surface area contributed by atoms with E-state index in [-0.39, 0.29) is 13.2 Å². The van der Waals surface area contributed by atoms with Crippen molar-refractivity contribution in [3.05, 3.63) is 29.8 Å². The van der Waals surface area contributed by atoms with Gasteiger partial charge in [0, 0.05) is 6.54 Å². The summed E-state index contributed by atoms with van der Waals surface area (Å²) in [5, 5.41) is 10.9. The van der Waals surface area contributed by atoms with E-state index >= 15 is 0 Å². The van der Waals surface area contributed by atoms with Gasteiger partial charge in [-0.25, -0.2) is 8.78 Å². The number of benzene rings is 1. The van der Waals surface area contributed by atoms with Gasteiger partial charge >= 0.3 is 0 Å². The highest BCUT2D eigenvalue weighted by Gasteiger charge is 2.01. The Labute approximate surface area is 92.6 Å². The van der Waals surface area contributed by atoms with Crippen LogP contribution in [0, 0.1) is 11.3 Å². The minimum absolute atomic E-state index is 0.0199. The molecule has 0 atom stereocenters. The van der Waals surface area contributed by atoms with Gasteiger partial charge in [0.15, 0.2) is 6.61 Å². The first-order chi connectivity index (χ1) is 7.72. The van der Waals surface area contributed by atoms with Crippen LogP contribution in [0.25, 0.3) is 0 Å². The van der Waals surface area contributed by atoms with Gasteiger partial charge in [-0.15, -0.1) is 0 Å². The molecule has 0 fully saturated rings. The van der Waals surface area contributed by atoms with Crippen LogP contribution < -0.4 is 10.1 Å². The van der Waals surface area contributed by atoms with Crippen molar-refractivity contribution in [2.75, 3.05) is 13.2 Å². The average molecular weight is 226 g/mol. The highest BCUT2D eigenvalue weighted by Crippen LogP contribution is 2.12. The third kappa shape index (κ3) is 4.71. The standard InChI is InChI=1S/C11H12F2N2O/c12-11(13)8-15-7-9-2-1-3-10(6-9)16-5-4-14/h1-3,6,11,15H,5,7-8H2. The maximum Gasteiger partial charge on any atom is 0.250 e. The quantitative estimate of drug-likeness (QED) is 0.806. The van der Waals surface area contributed by atoms with Gasteiger partial charge in [0.2, 0.25) is 0 Å². The molecular formula is C11H12F2N2O. The minimum Gasteiger partial charge on any atom is -0.479 e. The summed E-state index contributed by atoms with van der Waals surface area (Å²) in [4.78, 5) is 0. The van der Waals surface area contributed by atoms with Crippen LogP contribution in [0.15, 0.2) is 24.3 Å². The molecule has 0 radical (unpaired) electrons. The zero-order chi connectivity index (χ0) is 11.8. The second-order valence-corrected chi connectivity index (χ2v) is 3.12. The van der Waals surface area contributed by atoms with E-state index < -0.39 is 6.43 Å². The molecule has 0 heterocycles. The normalized spacial score (nSPS) is 10.1. The van der Waals surface area contributed by atoms with E-state index in [1.54, 1.807) is 24.3 Å². The number of rotatable bonds is 6. The molecule has 3 nitrogen and oxygen atoms in total. The highest BCUT2D eigenvalue weighted by atomic mass is 19.3. The Morgan fingerprint density at radius 2 is 2.25 bits per heavy atom. The van der Waals surface area contributed by atoms with Crippen molar-refractivity contribution in [1.82, 2.24) is 5.32 Å². The molecule has 1 rings (SSSR count). The van der Waals surface area contributed by atoms with E-state index in [4.69, 9.17) is 10.00 Å². The lowest BCUT2D eigenvalue weighted by molar-refractivity contribution is 0.145. The summed E-state index contributed by atoms with van der Waals surface area (Å²) >= 11 is 0. The lowest BCUT2D eigenvalue weighted by atomic mass is 10.2. The Morgan fingerprint density at radius 3 is 2.94 bits per heavy atom. The number of ether oxygens (including phenoxy) is 1. The van der Waals surface area contributed by atoms with Crippen LogP contribution in [0.2, 0.25) is 0 Å². The molecule has 0 unspecified atom stereocenters. The van der Waals surface area contributed by atoms with Crippen LogP contribution in [-0.4, -0.2) is 19.6 Å². The van der Waals surface area contributed by atoms with Crippen molar-refractivity contribution in [1.29, 1.82) is 5.26 Å². The number of alkyl halides is 2. The maximum absolute atomic E-state index is 11.9. The van der Waals surface area contributed by atoms with Gasteiger partial charge in [-0.2, -0.15) is 5.26 Å². The van der Waals surface area contributed by atoms with Crippen molar-refractivity contribution >= 4 is 0 Å². The van der Waals surface area contributed by atoms with E-state index in [2.05, 4.69) is 5.32 Å². The molecule has 0 bridgehead atoms. The highest BCUT2D eigenvalue weighted by molar-refractivity contribution is 5.28. The van der Waals surface area contributed by atoms with Crippen molar-refractivity contribution in [3.63, 3.8) is 0 Å². The Morgan fingerprint density at radius 1 is 1.44 bits per heavy atom. The van der Waals surface area contributed by atoms with Gasteiger partial charge in [0.05, 0.1) is 6.54 Å². The fourth-order valence-corrected chi connectivity index (χ4v) is 1.19. The molecule has 0 aromatic heterocycles. The molecule has 86 valence electrons. The summed E-state index contributed by atoms with van der Waals surface area (Å²) in [6, 6.07) is 8.85. The van der Waals surface area contributed by atoms with Crippen LogP contribution in [0.5, 0.6) is 5.75 Å². The molecule has 0 saturated carbocycles. The Balaban J connectivity index is 2.44. The van der Waals surface area contributed by atoms with Crippen molar-refractivity contribution in [3.8, 4) is 11.8 Å². The molecular weight excluding hydrogens is 214 g/mol. The van der Waals surface area contributed by atoms with Gasteiger partial charge in [-0.1, -0.05) is 12.1 Å². The zero-order valence-corrected chi connectivity index (χ0v) is 8.62. The third-order valence-corrected chi connectivity index (χ3v) is 1.83. The van der Waals surface area contributed by atoms with E-state index in [1.807, 2.05) is 6.07 Å². The molecule has 1 aromatic carbocycles. The number of hydrogen-bond donors (Lipinski definition) is 1. The number of nitrogens with one attached hydrogen (secondary N) is 1. The van der Waals surface area contributed by atoms with Crippen molar-refractivity contribution in [2.45, 2.75) is 13.0 Å². The van der Waals surface area contributed by atoms with Gasteiger partial charge in [0.1, 0.15) is 11.8 Å². The van der Waals surface area contributed by atoms with Crippen LogP contribution in [0.1, 0.15) is 5.56 Å². The summed E-state index contributed by atoms with van der Waals surface area (Å²) in [5.41, 5.74) is 0.844. The lowest BCUT2D eigenvalue weighted by Gasteiger charge is -2.06. The minimum atomic E-state index is -2.35. The van der Waals surface area contributed by atoms with E-state index in [9.17, 15) is 8.78 Å². The number of nitriles is 1. The predicted octanol–water partition coefficient (Wildman–Crippen LogP) is 1.94. The van der Waals surface area contributed by atoms with E-state index in [0.717, 1.165) is 5.56 Å². The summed E-state index contributed by atoms with van der Waals surface area (Å²) < 4.78 is 28.8. The van der Waals surface area contributed by atoms with Crippen molar-refractivity contribution in [2.24, 2.45) is 0 Å². The molecule has 1 N–H and O–H groups in total. The number of hydrogen-bond acceptors (Lipinski definition) is 3. The van der Waals surface area contributed by atoms with Crippen LogP contribution in [-0.2, 0) is 6.54 Å². The summed E-state index contributed by atoms with van der Waals surface area (Å²) in [7, 11) is 0. The van der Waals surface area contributed by atoms with E-state index in [0.29, 0.717) is 12.3 Å². The summed E-state index contributed by atoms with van der Waals surface area (Å²) in [6.45, 7) is 0.00525. The maximum atomic E-state index is 11.9. The lowest BCUT2D eigenvalue weighted by Crippen LogP contribution is -2.20. The molecule has 1 aromatic rings. The zero-order valence-electron chi connectivity index (χ0n) is 8.62. The summed E-state index contributed by atoms with van der Waals surface area (Å²) in [5.74, 6) is 0.567. The fourth-order valence-electron chi connectivity index (χ4n) is 1.19. The first-order valence-electron chi connectivity index (χ1n) is 4.80. The topological polar surface area (TPSA) is 45.0 Å². The fraction of sp³-hybridized carbons (Fsp3) is 0.364.